The van der Waals surface area contributed by atoms with Gasteiger partial charge in [-0.25, -0.2) is 0 Å². The fourth-order valence-electron chi connectivity index (χ4n) is 3.19. The molecule has 1 aliphatic heterocycles. The largest absolute Gasteiger partial charge is 0.455 e. The number of anilines is 1. The van der Waals surface area contributed by atoms with Gasteiger partial charge in [-0.3, -0.25) is 14.4 Å². The van der Waals surface area contributed by atoms with Crippen LogP contribution in [0.1, 0.15) is 36.1 Å². The number of rotatable bonds is 5. The van der Waals surface area contributed by atoms with Gasteiger partial charge in [0.2, 0.25) is 5.91 Å². The van der Waals surface area contributed by atoms with Crippen LogP contribution in [0.4, 0.5) is 5.69 Å². The van der Waals surface area contributed by atoms with Crippen molar-refractivity contribution in [3.05, 3.63) is 70.4 Å². The normalized spacial score (nSPS) is 14.9. The van der Waals surface area contributed by atoms with E-state index in [9.17, 15) is 14.4 Å². The fourth-order valence-corrected chi connectivity index (χ4v) is 3.36. The standard InChI is InChI=1S/C22H21ClN2O4/c1-14-7-8-17(23)11-19(14)24-21(27)13-29-22(28)12-20-18-6-4-3-5-16(18)9-10-25(20)15(2)26/h3-11,20H,12-13H2,1-2H3,(H,24,27)/t20-/m1/s1. The molecule has 2 aromatic carbocycles. The van der Waals surface area contributed by atoms with E-state index in [1.807, 2.05) is 37.3 Å². The van der Waals surface area contributed by atoms with Crippen LogP contribution in [0.5, 0.6) is 0 Å². The number of benzene rings is 2. The maximum atomic E-state index is 12.4. The zero-order valence-corrected chi connectivity index (χ0v) is 16.9. The Morgan fingerprint density at radius 2 is 1.93 bits per heavy atom. The summed E-state index contributed by atoms with van der Waals surface area (Å²) in [6.07, 6.45) is 3.45. The van der Waals surface area contributed by atoms with Crippen molar-refractivity contribution in [2.45, 2.75) is 26.3 Å². The number of amides is 2. The smallest absolute Gasteiger partial charge is 0.308 e. The molecule has 1 aliphatic rings. The maximum absolute atomic E-state index is 12.4. The lowest BCUT2D eigenvalue weighted by atomic mass is 9.94. The first-order chi connectivity index (χ1) is 13.8. The second-order valence-corrected chi connectivity index (χ2v) is 7.20. The van der Waals surface area contributed by atoms with Crippen LogP contribution in [0, 0.1) is 6.92 Å². The highest BCUT2D eigenvalue weighted by Gasteiger charge is 2.28. The minimum atomic E-state index is -0.565. The molecule has 150 valence electrons. The Morgan fingerprint density at radius 1 is 1.17 bits per heavy atom. The summed E-state index contributed by atoms with van der Waals surface area (Å²) in [6.45, 7) is 2.86. The van der Waals surface area contributed by atoms with Crippen molar-refractivity contribution in [2.75, 3.05) is 11.9 Å². The molecule has 0 aromatic heterocycles. The molecule has 0 radical (unpaired) electrons. The SMILES string of the molecule is CC(=O)N1C=Cc2ccccc2[C@H]1CC(=O)OCC(=O)Nc1cc(Cl)ccc1C. The molecular weight excluding hydrogens is 392 g/mol. The summed E-state index contributed by atoms with van der Waals surface area (Å²) in [5.41, 5.74) is 3.21. The zero-order chi connectivity index (χ0) is 21.0. The number of nitrogens with one attached hydrogen (secondary N) is 1. The monoisotopic (exact) mass is 412 g/mol. The minimum absolute atomic E-state index is 0.0512. The summed E-state index contributed by atoms with van der Waals surface area (Å²) in [6, 6.07) is 12.2. The van der Waals surface area contributed by atoms with Gasteiger partial charge in [0.25, 0.3) is 5.91 Å². The zero-order valence-electron chi connectivity index (χ0n) is 16.1. The Kier molecular flexibility index (Phi) is 6.34. The number of fused-ring (bicyclic) bond motifs is 1. The second-order valence-electron chi connectivity index (χ2n) is 6.76. The molecule has 0 unspecified atom stereocenters. The lowest BCUT2D eigenvalue weighted by Crippen LogP contribution is -2.33. The number of carbonyl (C=O) groups excluding carboxylic acids is 3. The highest BCUT2D eigenvalue weighted by atomic mass is 35.5. The quantitative estimate of drug-likeness (QED) is 0.750. The first-order valence-electron chi connectivity index (χ1n) is 9.13. The van der Waals surface area contributed by atoms with Gasteiger partial charge in [0.15, 0.2) is 6.61 Å². The van der Waals surface area contributed by atoms with Gasteiger partial charge in [0.1, 0.15) is 0 Å². The van der Waals surface area contributed by atoms with Gasteiger partial charge in [0, 0.05) is 23.8 Å². The molecular formula is C22H21ClN2O4. The van der Waals surface area contributed by atoms with Crippen molar-refractivity contribution >= 4 is 41.1 Å². The third-order valence-electron chi connectivity index (χ3n) is 4.67. The number of ether oxygens (including phenoxy) is 1. The molecule has 1 heterocycles. The molecule has 6 nitrogen and oxygen atoms in total. The predicted octanol–water partition coefficient (Wildman–Crippen LogP) is 4.09. The average molecular weight is 413 g/mol. The van der Waals surface area contributed by atoms with Crippen LogP contribution in [0.2, 0.25) is 5.02 Å². The van der Waals surface area contributed by atoms with Crippen molar-refractivity contribution in [1.29, 1.82) is 0 Å². The van der Waals surface area contributed by atoms with Gasteiger partial charge in [-0.05, 0) is 41.8 Å². The molecule has 0 aliphatic carbocycles. The first-order valence-corrected chi connectivity index (χ1v) is 9.50. The lowest BCUT2D eigenvalue weighted by Gasteiger charge is -2.32. The molecule has 2 aromatic rings. The van der Waals surface area contributed by atoms with Gasteiger partial charge in [-0.15, -0.1) is 0 Å². The van der Waals surface area contributed by atoms with E-state index >= 15 is 0 Å². The van der Waals surface area contributed by atoms with Gasteiger partial charge < -0.3 is 15.0 Å². The number of esters is 1. The van der Waals surface area contributed by atoms with Crippen molar-refractivity contribution in [3.8, 4) is 0 Å². The van der Waals surface area contributed by atoms with Gasteiger partial charge >= 0.3 is 5.97 Å². The van der Waals surface area contributed by atoms with E-state index in [1.165, 1.54) is 11.8 Å². The third kappa shape index (κ3) is 5.03. The molecule has 1 atom stereocenters. The van der Waals surface area contributed by atoms with Crippen molar-refractivity contribution in [3.63, 3.8) is 0 Å². The fraction of sp³-hybridized carbons (Fsp3) is 0.227. The highest BCUT2D eigenvalue weighted by molar-refractivity contribution is 6.31. The van der Waals surface area contributed by atoms with Gasteiger partial charge in [0.05, 0.1) is 12.5 Å². The molecule has 3 rings (SSSR count). The van der Waals surface area contributed by atoms with E-state index in [2.05, 4.69) is 5.32 Å². The maximum Gasteiger partial charge on any atom is 0.308 e. The minimum Gasteiger partial charge on any atom is -0.455 e. The number of carbonyl (C=O) groups is 3. The lowest BCUT2D eigenvalue weighted by molar-refractivity contribution is -0.149. The number of hydrogen-bond donors (Lipinski definition) is 1. The molecule has 0 bridgehead atoms. The second kappa shape index (κ2) is 8.92. The summed E-state index contributed by atoms with van der Waals surface area (Å²) >= 11 is 5.94. The Morgan fingerprint density at radius 3 is 2.69 bits per heavy atom. The number of hydrogen-bond acceptors (Lipinski definition) is 4. The summed E-state index contributed by atoms with van der Waals surface area (Å²) < 4.78 is 5.15. The Bertz CT molecular complexity index is 987. The van der Waals surface area contributed by atoms with E-state index in [4.69, 9.17) is 16.3 Å². The van der Waals surface area contributed by atoms with Crippen LogP contribution >= 0.6 is 11.6 Å². The summed E-state index contributed by atoms with van der Waals surface area (Å²) in [7, 11) is 0. The average Bonchev–Trinajstić information content (AvgIpc) is 2.69. The number of aryl methyl sites for hydroxylation is 1. The van der Waals surface area contributed by atoms with Gasteiger partial charge in [-0.1, -0.05) is 41.9 Å². The summed E-state index contributed by atoms with van der Waals surface area (Å²) in [4.78, 5) is 38.0. The predicted molar refractivity (Wildman–Crippen MR) is 111 cm³/mol. The van der Waals surface area contributed by atoms with Crippen LogP contribution < -0.4 is 5.32 Å². The molecule has 29 heavy (non-hydrogen) atoms. The van der Waals surface area contributed by atoms with Crippen molar-refractivity contribution in [2.24, 2.45) is 0 Å². The first kappa shape index (κ1) is 20.6. The van der Waals surface area contributed by atoms with E-state index < -0.39 is 24.5 Å². The Hall–Kier alpha value is -3.12. The number of nitrogens with zero attached hydrogens (tertiary/aromatic N) is 1. The van der Waals surface area contributed by atoms with Crippen LogP contribution in [-0.2, 0) is 19.1 Å². The van der Waals surface area contributed by atoms with Crippen LogP contribution in [-0.4, -0.2) is 29.3 Å². The molecule has 1 N–H and O–H groups in total. The van der Waals surface area contributed by atoms with E-state index in [0.717, 1.165) is 16.7 Å². The Balaban J connectivity index is 1.62. The Labute approximate surface area is 174 Å². The van der Waals surface area contributed by atoms with E-state index in [0.29, 0.717) is 10.7 Å². The molecule has 0 spiro atoms. The molecule has 0 saturated heterocycles. The molecule has 0 fully saturated rings. The van der Waals surface area contributed by atoms with Crippen LogP contribution in [0.15, 0.2) is 48.7 Å². The van der Waals surface area contributed by atoms with E-state index in [1.54, 1.807) is 24.4 Å². The molecule has 0 saturated carbocycles. The van der Waals surface area contributed by atoms with Crippen LogP contribution in [0.3, 0.4) is 0 Å². The van der Waals surface area contributed by atoms with Gasteiger partial charge in [-0.2, -0.15) is 0 Å². The number of halogens is 1. The van der Waals surface area contributed by atoms with Crippen LogP contribution in [0.25, 0.3) is 6.08 Å². The van der Waals surface area contributed by atoms with Crippen molar-refractivity contribution in [1.82, 2.24) is 4.90 Å². The van der Waals surface area contributed by atoms with E-state index in [-0.39, 0.29) is 12.3 Å². The molecule has 2 amide bonds. The summed E-state index contributed by atoms with van der Waals surface area (Å²) in [5.74, 6) is -1.21. The molecule has 7 heteroatoms. The van der Waals surface area contributed by atoms with Crippen molar-refractivity contribution < 1.29 is 19.1 Å². The highest BCUT2D eigenvalue weighted by Crippen LogP contribution is 2.33. The topological polar surface area (TPSA) is 75.7 Å². The third-order valence-corrected chi connectivity index (χ3v) is 4.90. The summed E-state index contributed by atoms with van der Waals surface area (Å²) in [5, 5.41) is 3.17.